The number of benzene rings is 2. The van der Waals surface area contributed by atoms with E-state index < -0.39 is 5.82 Å². The van der Waals surface area contributed by atoms with E-state index in [2.05, 4.69) is 31.2 Å². The second kappa shape index (κ2) is 8.58. The molecule has 2 aromatic rings. The summed E-state index contributed by atoms with van der Waals surface area (Å²) in [4.78, 5) is 0.175. The molecule has 4 heteroatoms. The van der Waals surface area contributed by atoms with Gasteiger partial charge in [-0.25, -0.2) is 4.39 Å². The topological polar surface area (TPSA) is 23.8 Å². The number of halogens is 2. The van der Waals surface area contributed by atoms with Crippen molar-refractivity contribution in [3.63, 3.8) is 0 Å². The highest BCUT2D eigenvalue weighted by molar-refractivity contribution is 8.03. The maximum Gasteiger partial charge on any atom is 0.139 e. The van der Waals surface area contributed by atoms with Gasteiger partial charge >= 0.3 is 0 Å². The molecule has 3 rings (SSSR count). The molecule has 132 valence electrons. The molecule has 0 aliphatic heterocycles. The number of fused-ring (bicyclic) bond motifs is 1. The van der Waals surface area contributed by atoms with E-state index in [1.807, 2.05) is 17.6 Å². The largest absolute Gasteiger partial charge is 0.206 e. The predicted molar refractivity (Wildman–Crippen MR) is 109 cm³/mol. The molecule has 0 saturated heterocycles. The second-order valence-corrected chi connectivity index (χ2v) is 7.58. The first-order valence-electron chi connectivity index (χ1n) is 8.66. The van der Waals surface area contributed by atoms with E-state index in [9.17, 15) is 4.39 Å². The molecule has 0 atom stereocenters. The van der Waals surface area contributed by atoms with Crippen LogP contribution in [0, 0.1) is 16.5 Å². The van der Waals surface area contributed by atoms with Gasteiger partial charge in [-0.1, -0.05) is 60.9 Å². The molecule has 1 nitrogen and oxygen atoms in total. The Bertz CT molecular complexity index is 901. The Labute approximate surface area is 163 Å². The van der Waals surface area contributed by atoms with Crippen LogP contribution in [0.2, 0.25) is 5.02 Å². The van der Waals surface area contributed by atoms with Crippen molar-refractivity contribution in [1.82, 2.24) is 0 Å². The van der Waals surface area contributed by atoms with Crippen molar-refractivity contribution in [3.8, 4) is 5.40 Å². The summed E-state index contributed by atoms with van der Waals surface area (Å²) < 4.78 is 14.1. The number of thiocyanates is 1. The van der Waals surface area contributed by atoms with E-state index >= 15 is 0 Å². The average Bonchev–Trinajstić information content (AvgIpc) is 3.03. The number of hydrogen-bond donors (Lipinski definition) is 0. The van der Waals surface area contributed by atoms with Crippen LogP contribution < -0.4 is 0 Å². The fraction of sp³-hybridized carbons (Fsp3) is 0.227. The lowest BCUT2D eigenvalue weighted by Crippen LogP contribution is -1.86. The highest BCUT2D eigenvalue weighted by atomic mass is 35.5. The molecule has 0 unspecified atom stereocenters. The first kappa shape index (κ1) is 18.8. The lowest BCUT2D eigenvalue weighted by Gasteiger charge is -2.03. The number of nitrogens with zero attached hydrogens (tertiary/aromatic N) is 1. The SMILES string of the molecule is CCCCC1=Cc2cc(/C=C/c3cc(F)c(SC#N)c(Cl)c3)ccc2C1. The van der Waals surface area contributed by atoms with E-state index in [0.717, 1.165) is 23.7 Å². The Kier molecular flexibility index (Phi) is 6.19. The molecule has 2 aromatic carbocycles. The van der Waals surface area contributed by atoms with Crippen LogP contribution in [0.15, 0.2) is 40.8 Å². The van der Waals surface area contributed by atoms with Crippen molar-refractivity contribution in [2.75, 3.05) is 0 Å². The van der Waals surface area contributed by atoms with Gasteiger partial charge in [-0.3, -0.25) is 0 Å². The van der Waals surface area contributed by atoms with Crippen LogP contribution in [0.25, 0.3) is 18.2 Å². The van der Waals surface area contributed by atoms with Crippen molar-refractivity contribution < 1.29 is 4.39 Å². The molecule has 0 N–H and O–H groups in total. The maximum absolute atomic E-state index is 14.1. The van der Waals surface area contributed by atoms with E-state index in [1.165, 1.54) is 42.0 Å². The average molecular weight is 384 g/mol. The van der Waals surface area contributed by atoms with Gasteiger partial charge < -0.3 is 0 Å². The minimum absolute atomic E-state index is 0.175. The highest BCUT2D eigenvalue weighted by Gasteiger charge is 2.12. The summed E-state index contributed by atoms with van der Waals surface area (Å²) in [6.45, 7) is 2.21. The lowest BCUT2D eigenvalue weighted by atomic mass is 10.0. The van der Waals surface area contributed by atoms with Crippen molar-refractivity contribution in [3.05, 3.63) is 69.0 Å². The third-order valence-corrected chi connectivity index (χ3v) is 5.56. The van der Waals surface area contributed by atoms with Crippen molar-refractivity contribution in [2.24, 2.45) is 0 Å². The van der Waals surface area contributed by atoms with Crippen LogP contribution in [0.4, 0.5) is 4.39 Å². The fourth-order valence-corrected chi connectivity index (χ4v) is 3.84. The third-order valence-electron chi connectivity index (χ3n) is 4.44. The molecule has 0 fully saturated rings. The zero-order valence-electron chi connectivity index (χ0n) is 14.6. The summed E-state index contributed by atoms with van der Waals surface area (Å²) >= 11 is 6.81. The van der Waals surface area contributed by atoms with Crippen LogP contribution in [0.1, 0.15) is 48.4 Å². The summed E-state index contributed by atoms with van der Waals surface area (Å²) in [6.07, 6.45) is 10.8. The number of allylic oxidation sites excluding steroid dienone is 1. The van der Waals surface area contributed by atoms with E-state index in [4.69, 9.17) is 16.9 Å². The highest BCUT2D eigenvalue weighted by Crippen LogP contribution is 2.32. The van der Waals surface area contributed by atoms with Crippen molar-refractivity contribution in [1.29, 1.82) is 5.26 Å². The second-order valence-electron chi connectivity index (χ2n) is 6.38. The Hall–Kier alpha value is -2.02. The third kappa shape index (κ3) is 4.38. The minimum Gasteiger partial charge on any atom is -0.206 e. The first-order valence-corrected chi connectivity index (χ1v) is 9.85. The van der Waals surface area contributed by atoms with Crippen molar-refractivity contribution in [2.45, 2.75) is 37.5 Å². The smallest absolute Gasteiger partial charge is 0.139 e. The van der Waals surface area contributed by atoms with Gasteiger partial charge in [0, 0.05) is 0 Å². The molecule has 0 aromatic heterocycles. The van der Waals surface area contributed by atoms with Crippen LogP contribution in [0.3, 0.4) is 0 Å². The van der Waals surface area contributed by atoms with E-state index in [-0.39, 0.29) is 9.92 Å². The molecule has 0 bridgehead atoms. The normalized spacial score (nSPS) is 12.9. The summed E-state index contributed by atoms with van der Waals surface area (Å²) in [7, 11) is 0. The minimum atomic E-state index is -0.471. The zero-order chi connectivity index (χ0) is 18.5. The number of unbranched alkanes of at least 4 members (excludes halogenated alkanes) is 1. The van der Waals surface area contributed by atoms with Crippen LogP contribution in [-0.4, -0.2) is 0 Å². The van der Waals surface area contributed by atoms with Crippen LogP contribution in [-0.2, 0) is 6.42 Å². The standard InChI is InChI=1S/C22H19ClFNS/c1-2-3-4-16-10-18-8-7-15(9-19(18)11-16)5-6-17-12-20(23)22(26-14-25)21(24)13-17/h5-9,11-13H,2-4,10H2,1H3/b6-5+. The van der Waals surface area contributed by atoms with Gasteiger partial charge in [-0.2, -0.15) is 5.26 Å². The molecule has 0 heterocycles. The number of thioether (sulfide) groups is 1. The maximum atomic E-state index is 14.1. The van der Waals surface area contributed by atoms with Gasteiger partial charge in [-0.15, -0.1) is 0 Å². The molecule has 26 heavy (non-hydrogen) atoms. The van der Waals surface area contributed by atoms with Gasteiger partial charge in [-0.05, 0) is 71.5 Å². The molecule has 0 radical (unpaired) electrons. The van der Waals surface area contributed by atoms with Crippen molar-refractivity contribution >= 4 is 41.6 Å². The molecule has 1 aliphatic carbocycles. The van der Waals surface area contributed by atoms with Crippen LogP contribution >= 0.6 is 23.4 Å². The van der Waals surface area contributed by atoms with E-state index in [0.29, 0.717) is 5.56 Å². The fourth-order valence-electron chi connectivity index (χ4n) is 3.10. The summed E-state index contributed by atoms with van der Waals surface area (Å²) in [5.41, 5.74) is 5.91. The lowest BCUT2D eigenvalue weighted by molar-refractivity contribution is 0.602. The first-order chi connectivity index (χ1) is 12.6. The molecular weight excluding hydrogens is 365 g/mol. The van der Waals surface area contributed by atoms with Gasteiger partial charge in [0.1, 0.15) is 11.2 Å². The number of nitriles is 1. The monoisotopic (exact) mass is 383 g/mol. The summed E-state index contributed by atoms with van der Waals surface area (Å²) in [5.74, 6) is -0.471. The molecular formula is C22H19ClFNS. The predicted octanol–water partition coefficient (Wildman–Crippen LogP) is 7.35. The Morgan fingerprint density at radius 3 is 2.77 bits per heavy atom. The zero-order valence-corrected chi connectivity index (χ0v) is 16.1. The molecule has 0 amide bonds. The Balaban J connectivity index is 1.78. The molecule has 0 saturated carbocycles. The summed E-state index contributed by atoms with van der Waals surface area (Å²) in [5, 5.41) is 10.8. The van der Waals surface area contributed by atoms with Gasteiger partial charge in [0.2, 0.25) is 0 Å². The van der Waals surface area contributed by atoms with Crippen LogP contribution in [0.5, 0.6) is 0 Å². The summed E-state index contributed by atoms with van der Waals surface area (Å²) in [6, 6.07) is 9.51. The van der Waals surface area contributed by atoms with Gasteiger partial charge in [0.05, 0.1) is 9.92 Å². The number of hydrogen-bond acceptors (Lipinski definition) is 2. The van der Waals surface area contributed by atoms with Gasteiger partial charge in [0.25, 0.3) is 0 Å². The molecule has 0 spiro atoms. The molecule has 1 aliphatic rings. The van der Waals surface area contributed by atoms with E-state index in [1.54, 1.807) is 6.07 Å². The number of rotatable bonds is 6. The Morgan fingerprint density at radius 1 is 1.23 bits per heavy atom. The van der Waals surface area contributed by atoms with Gasteiger partial charge in [0.15, 0.2) is 0 Å². The Morgan fingerprint density at radius 2 is 2.04 bits per heavy atom. The quantitative estimate of drug-likeness (QED) is 0.295.